The maximum atomic E-state index is 12.2. The molecule has 2 unspecified atom stereocenters. The SMILES string of the molecule is CNC(=O)c1cccc(-c2ccc3c(N4CCOC[C@@H]4C)nc(N4C5CCC4COC5)nc3n2)c1. The smallest absolute Gasteiger partial charge is 0.251 e. The van der Waals surface area contributed by atoms with E-state index < -0.39 is 0 Å². The molecule has 9 nitrogen and oxygen atoms in total. The lowest BCUT2D eigenvalue weighted by molar-refractivity contribution is 0.0896. The number of anilines is 2. The first-order chi connectivity index (χ1) is 17.1. The first-order valence-corrected chi connectivity index (χ1v) is 12.3. The second-order valence-electron chi connectivity index (χ2n) is 9.52. The summed E-state index contributed by atoms with van der Waals surface area (Å²) in [4.78, 5) is 31.9. The van der Waals surface area contributed by atoms with Crippen LogP contribution in [0.3, 0.4) is 0 Å². The van der Waals surface area contributed by atoms with E-state index in [2.05, 4.69) is 28.1 Å². The van der Waals surface area contributed by atoms with Gasteiger partial charge in [0.05, 0.1) is 55.6 Å². The Bertz CT molecular complexity index is 1250. The van der Waals surface area contributed by atoms with Crippen LogP contribution < -0.4 is 15.1 Å². The van der Waals surface area contributed by atoms with Gasteiger partial charge in [0, 0.05) is 24.7 Å². The number of rotatable bonds is 4. The van der Waals surface area contributed by atoms with Gasteiger partial charge in [-0.15, -0.1) is 0 Å². The van der Waals surface area contributed by atoms with Crippen LogP contribution in [0.2, 0.25) is 0 Å². The fourth-order valence-corrected chi connectivity index (χ4v) is 5.44. The van der Waals surface area contributed by atoms with Crippen molar-refractivity contribution in [2.45, 2.75) is 37.9 Å². The molecule has 0 aliphatic carbocycles. The van der Waals surface area contributed by atoms with E-state index in [0.717, 1.165) is 47.8 Å². The molecule has 3 fully saturated rings. The molecule has 0 radical (unpaired) electrons. The van der Waals surface area contributed by atoms with Crippen molar-refractivity contribution in [2.24, 2.45) is 0 Å². The Hall–Kier alpha value is -3.30. The monoisotopic (exact) mass is 474 g/mol. The Morgan fingerprint density at radius 2 is 1.86 bits per heavy atom. The van der Waals surface area contributed by atoms with Crippen molar-refractivity contribution in [3.05, 3.63) is 42.0 Å². The Balaban J connectivity index is 1.48. The van der Waals surface area contributed by atoms with Crippen molar-refractivity contribution in [1.29, 1.82) is 0 Å². The third-order valence-electron chi connectivity index (χ3n) is 7.29. The summed E-state index contributed by atoms with van der Waals surface area (Å²) in [6.07, 6.45) is 2.18. The van der Waals surface area contributed by atoms with E-state index in [1.54, 1.807) is 13.1 Å². The molecule has 1 aromatic carbocycles. The lowest BCUT2D eigenvalue weighted by Gasteiger charge is -2.37. The summed E-state index contributed by atoms with van der Waals surface area (Å²) in [7, 11) is 1.63. The molecule has 5 heterocycles. The number of nitrogens with zero attached hydrogens (tertiary/aromatic N) is 5. The van der Waals surface area contributed by atoms with E-state index in [9.17, 15) is 4.79 Å². The summed E-state index contributed by atoms with van der Waals surface area (Å²) in [6, 6.07) is 12.4. The number of fused-ring (bicyclic) bond motifs is 3. The van der Waals surface area contributed by atoms with Crippen LogP contribution in [0.5, 0.6) is 0 Å². The Morgan fingerprint density at radius 3 is 2.63 bits per heavy atom. The number of carbonyl (C=O) groups is 1. The van der Waals surface area contributed by atoms with Gasteiger partial charge in [-0.3, -0.25) is 4.79 Å². The highest BCUT2D eigenvalue weighted by atomic mass is 16.5. The predicted octanol–water partition coefficient (Wildman–Crippen LogP) is 2.64. The van der Waals surface area contributed by atoms with Crippen molar-refractivity contribution in [3.8, 4) is 11.3 Å². The van der Waals surface area contributed by atoms with Gasteiger partial charge in [-0.1, -0.05) is 12.1 Å². The van der Waals surface area contributed by atoms with E-state index in [1.807, 2.05) is 24.3 Å². The molecule has 3 atom stereocenters. The highest BCUT2D eigenvalue weighted by Crippen LogP contribution is 2.36. The largest absolute Gasteiger partial charge is 0.377 e. The molecule has 6 rings (SSSR count). The van der Waals surface area contributed by atoms with Gasteiger partial charge in [0.25, 0.3) is 5.91 Å². The number of aromatic nitrogens is 3. The summed E-state index contributed by atoms with van der Waals surface area (Å²) >= 11 is 0. The van der Waals surface area contributed by atoms with Crippen molar-refractivity contribution in [3.63, 3.8) is 0 Å². The Kier molecular flexibility index (Phi) is 5.74. The number of hydrogen-bond donors (Lipinski definition) is 1. The third-order valence-corrected chi connectivity index (χ3v) is 7.29. The lowest BCUT2D eigenvalue weighted by Crippen LogP contribution is -2.47. The minimum Gasteiger partial charge on any atom is -0.377 e. The van der Waals surface area contributed by atoms with Gasteiger partial charge in [-0.05, 0) is 44.0 Å². The maximum Gasteiger partial charge on any atom is 0.251 e. The standard InChI is InChI=1S/C26H30N6O3/c1-16-13-34-11-10-31(16)24-21-8-9-22(17-4-3-5-18(12-17)25(33)27-2)28-23(21)29-26(30-24)32-19-6-7-20(32)15-35-14-19/h3-5,8-9,12,16,19-20H,6-7,10-11,13-15H2,1-2H3,(H,27,33)/t16-,19?,20?/m0/s1. The number of ether oxygens (including phenoxy) is 2. The summed E-state index contributed by atoms with van der Waals surface area (Å²) in [6.45, 7) is 5.70. The minimum atomic E-state index is -0.122. The molecule has 35 heavy (non-hydrogen) atoms. The lowest BCUT2D eigenvalue weighted by atomic mass is 10.1. The molecule has 3 saturated heterocycles. The van der Waals surface area contributed by atoms with Gasteiger partial charge < -0.3 is 24.6 Å². The van der Waals surface area contributed by atoms with E-state index in [-0.39, 0.29) is 11.9 Å². The van der Waals surface area contributed by atoms with E-state index in [4.69, 9.17) is 24.4 Å². The minimum absolute atomic E-state index is 0.122. The number of nitrogens with one attached hydrogen (secondary N) is 1. The highest BCUT2D eigenvalue weighted by Gasteiger charge is 2.39. The molecule has 3 aliphatic rings. The second kappa shape index (κ2) is 9.05. The van der Waals surface area contributed by atoms with Gasteiger partial charge in [0.1, 0.15) is 5.82 Å². The zero-order chi connectivity index (χ0) is 23.9. The van der Waals surface area contributed by atoms with E-state index in [0.29, 0.717) is 49.7 Å². The van der Waals surface area contributed by atoms with Crippen LogP contribution in [0.25, 0.3) is 22.3 Å². The summed E-state index contributed by atoms with van der Waals surface area (Å²) < 4.78 is 11.5. The molecule has 1 amide bonds. The van der Waals surface area contributed by atoms with Crippen LogP contribution >= 0.6 is 0 Å². The summed E-state index contributed by atoms with van der Waals surface area (Å²) in [5.74, 6) is 1.51. The number of morpholine rings is 2. The Morgan fingerprint density at radius 1 is 1.03 bits per heavy atom. The van der Waals surface area contributed by atoms with Crippen LogP contribution in [0.1, 0.15) is 30.1 Å². The molecule has 0 spiro atoms. The molecule has 0 saturated carbocycles. The van der Waals surface area contributed by atoms with Crippen LogP contribution in [-0.2, 0) is 9.47 Å². The van der Waals surface area contributed by atoms with E-state index >= 15 is 0 Å². The first-order valence-electron chi connectivity index (χ1n) is 12.3. The molecule has 3 aliphatic heterocycles. The second-order valence-corrected chi connectivity index (χ2v) is 9.52. The van der Waals surface area contributed by atoms with Crippen LogP contribution in [0, 0.1) is 0 Å². The normalized spacial score (nSPS) is 24.1. The third kappa shape index (κ3) is 3.98. The predicted molar refractivity (Wildman–Crippen MR) is 134 cm³/mol. The summed E-state index contributed by atoms with van der Waals surface area (Å²) in [5.41, 5.74) is 2.92. The van der Waals surface area contributed by atoms with Crippen molar-refractivity contribution in [2.75, 3.05) is 49.8 Å². The average molecular weight is 475 g/mol. The maximum absolute atomic E-state index is 12.2. The fraction of sp³-hybridized carbons (Fsp3) is 0.462. The van der Waals surface area contributed by atoms with Crippen molar-refractivity contribution >= 4 is 28.7 Å². The molecule has 3 aromatic rings. The zero-order valence-corrected chi connectivity index (χ0v) is 20.1. The highest BCUT2D eigenvalue weighted by molar-refractivity contribution is 5.95. The van der Waals surface area contributed by atoms with Crippen LogP contribution in [0.15, 0.2) is 36.4 Å². The number of amides is 1. The molecular weight excluding hydrogens is 444 g/mol. The van der Waals surface area contributed by atoms with Crippen molar-refractivity contribution < 1.29 is 14.3 Å². The molecule has 2 aromatic heterocycles. The number of benzene rings is 1. The zero-order valence-electron chi connectivity index (χ0n) is 20.1. The van der Waals surface area contributed by atoms with Crippen molar-refractivity contribution in [1.82, 2.24) is 20.3 Å². The molecule has 1 N–H and O–H groups in total. The fourth-order valence-electron chi connectivity index (χ4n) is 5.44. The number of carbonyl (C=O) groups excluding carboxylic acids is 1. The topological polar surface area (TPSA) is 92.7 Å². The van der Waals surface area contributed by atoms with Crippen LogP contribution in [-0.4, -0.2) is 79.0 Å². The van der Waals surface area contributed by atoms with E-state index in [1.165, 1.54) is 0 Å². The summed E-state index contributed by atoms with van der Waals surface area (Å²) in [5, 5.41) is 3.61. The Labute approximate surface area is 204 Å². The quantitative estimate of drug-likeness (QED) is 0.617. The van der Waals surface area contributed by atoms with Gasteiger partial charge in [0.2, 0.25) is 5.95 Å². The van der Waals surface area contributed by atoms with Gasteiger partial charge in [0.15, 0.2) is 5.65 Å². The molecule has 182 valence electrons. The van der Waals surface area contributed by atoms with Gasteiger partial charge >= 0.3 is 0 Å². The molecule has 2 bridgehead atoms. The van der Waals surface area contributed by atoms with Gasteiger partial charge in [-0.2, -0.15) is 9.97 Å². The van der Waals surface area contributed by atoms with Gasteiger partial charge in [-0.25, -0.2) is 4.98 Å². The number of hydrogen-bond acceptors (Lipinski definition) is 8. The molecule has 9 heteroatoms. The molecular formula is C26H30N6O3. The number of pyridine rings is 1. The van der Waals surface area contributed by atoms with Crippen LogP contribution in [0.4, 0.5) is 11.8 Å². The first kappa shape index (κ1) is 22.2. The average Bonchev–Trinajstić information content (AvgIpc) is 3.15.